The van der Waals surface area contributed by atoms with Crippen LogP contribution in [0.25, 0.3) is 5.65 Å². The molecule has 0 aromatic carbocycles. The van der Waals surface area contributed by atoms with Crippen molar-refractivity contribution in [3.63, 3.8) is 0 Å². The number of amides is 1. The van der Waals surface area contributed by atoms with E-state index in [-0.39, 0.29) is 5.91 Å². The van der Waals surface area contributed by atoms with E-state index < -0.39 is 0 Å². The number of aryl methyl sites for hydroxylation is 1. The highest BCUT2D eigenvalue weighted by Crippen LogP contribution is 2.08. The Morgan fingerprint density at radius 3 is 3.05 bits per heavy atom. The fourth-order valence-electron chi connectivity index (χ4n) is 1.94. The molecule has 3 aromatic rings. The van der Waals surface area contributed by atoms with Gasteiger partial charge in [-0.05, 0) is 31.2 Å². The van der Waals surface area contributed by atoms with Gasteiger partial charge in [0.2, 0.25) is 0 Å². The number of rotatable bonds is 3. The molecule has 96 valence electrons. The van der Waals surface area contributed by atoms with Crippen molar-refractivity contribution in [2.75, 3.05) is 0 Å². The van der Waals surface area contributed by atoms with Gasteiger partial charge in [-0.1, -0.05) is 0 Å². The molecule has 0 aliphatic rings. The zero-order chi connectivity index (χ0) is 13.2. The number of hydrogen-bond acceptors (Lipinski definition) is 3. The largest absolute Gasteiger partial charge is 0.467 e. The second-order valence-corrected chi connectivity index (χ2v) is 4.33. The first-order chi connectivity index (χ1) is 9.22. The highest BCUT2D eigenvalue weighted by molar-refractivity contribution is 5.94. The van der Waals surface area contributed by atoms with Crippen molar-refractivity contribution in [1.82, 2.24) is 14.7 Å². The van der Waals surface area contributed by atoms with Crippen LogP contribution in [0.2, 0.25) is 0 Å². The summed E-state index contributed by atoms with van der Waals surface area (Å²) in [4.78, 5) is 16.3. The third-order valence-corrected chi connectivity index (χ3v) is 2.84. The van der Waals surface area contributed by atoms with E-state index in [0.29, 0.717) is 12.1 Å². The average molecular weight is 255 g/mol. The van der Waals surface area contributed by atoms with Crippen molar-refractivity contribution in [1.29, 1.82) is 0 Å². The van der Waals surface area contributed by atoms with Gasteiger partial charge in [0, 0.05) is 12.4 Å². The van der Waals surface area contributed by atoms with Crippen LogP contribution in [-0.2, 0) is 6.54 Å². The van der Waals surface area contributed by atoms with Crippen LogP contribution in [0.4, 0.5) is 0 Å². The van der Waals surface area contributed by atoms with Gasteiger partial charge < -0.3 is 14.1 Å². The third-order valence-electron chi connectivity index (χ3n) is 2.84. The second-order valence-electron chi connectivity index (χ2n) is 4.33. The number of imidazole rings is 1. The first-order valence-electron chi connectivity index (χ1n) is 5.98. The molecule has 0 radical (unpaired) electrons. The predicted molar refractivity (Wildman–Crippen MR) is 69.8 cm³/mol. The van der Waals surface area contributed by atoms with Crippen molar-refractivity contribution in [3.8, 4) is 0 Å². The van der Waals surface area contributed by atoms with E-state index in [1.807, 2.05) is 29.7 Å². The summed E-state index contributed by atoms with van der Waals surface area (Å²) in [5.41, 5.74) is 2.35. The zero-order valence-electron chi connectivity index (χ0n) is 10.5. The number of hydrogen-bond donors (Lipinski definition) is 1. The van der Waals surface area contributed by atoms with E-state index in [9.17, 15) is 4.79 Å². The molecule has 1 amide bonds. The van der Waals surface area contributed by atoms with Gasteiger partial charge >= 0.3 is 0 Å². The lowest BCUT2D eigenvalue weighted by Gasteiger charge is -2.03. The fourth-order valence-corrected chi connectivity index (χ4v) is 1.94. The highest BCUT2D eigenvalue weighted by atomic mass is 16.3. The van der Waals surface area contributed by atoms with Crippen molar-refractivity contribution < 1.29 is 9.21 Å². The van der Waals surface area contributed by atoms with Gasteiger partial charge in [-0.3, -0.25) is 4.79 Å². The van der Waals surface area contributed by atoms with Crippen LogP contribution >= 0.6 is 0 Å². The lowest BCUT2D eigenvalue weighted by Crippen LogP contribution is -2.22. The normalized spacial score (nSPS) is 10.8. The molecule has 3 heterocycles. The SMILES string of the molecule is Cc1cn2cc(C(=O)NCc3ccco3)ccc2n1. The Bertz CT molecular complexity index is 713. The molecule has 0 saturated heterocycles. The molecule has 3 rings (SSSR count). The number of nitrogens with one attached hydrogen (secondary N) is 1. The minimum Gasteiger partial charge on any atom is -0.467 e. The summed E-state index contributed by atoms with van der Waals surface area (Å²) in [6.07, 6.45) is 5.24. The van der Waals surface area contributed by atoms with Crippen LogP contribution in [0.3, 0.4) is 0 Å². The maximum Gasteiger partial charge on any atom is 0.253 e. The van der Waals surface area contributed by atoms with Crippen LogP contribution in [0.15, 0.2) is 47.3 Å². The van der Waals surface area contributed by atoms with E-state index in [1.165, 1.54) is 0 Å². The smallest absolute Gasteiger partial charge is 0.253 e. The topological polar surface area (TPSA) is 59.5 Å². The molecule has 0 atom stereocenters. The summed E-state index contributed by atoms with van der Waals surface area (Å²) in [5.74, 6) is 0.595. The van der Waals surface area contributed by atoms with E-state index in [1.54, 1.807) is 24.6 Å². The molecule has 0 spiro atoms. The number of carbonyl (C=O) groups excluding carboxylic acids is 1. The van der Waals surface area contributed by atoms with Gasteiger partial charge in [0.1, 0.15) is 11.4 Å². The highest BCUT2D eigenvalue weighted by Gasteiger charge is 2.07. The predicted octanol–water partition coefficient (Wildman–Crippen LogP) is 2.17. The monoisotopic (exact) mass is 255 g/mol. The van der Waals surface area contributed by atoms with Crippen LogP contribution in [-0.4, -0.2) is 15.3 Å². The van der Waals surface area contributed by atoms with Crippen LogP contribution in [0.5, 0.6) is 0 Å². The second kappa shape index (κ2) is 4.61. The molecule has 1 N–H and O–H groups in total. The average Bonchev–Trinajstić information content (AvgIpc) is 3.02. The maximum atomic E-state index is 12.0. The third kappa shape index (κ3) is 2.35. The molecule has 0 bridgehead atoms. The maximum absolute atomic E-state index is 12.0. The summed E-state index contributed by atoms with van der Waals surface area (Å²) in [7, 11) is 0. The van der Waals surface area contributed by atoms with Crippen LogP contribution < -0.4 is 5.32 Å². The Morgan fingerprint density at radius 2 is 2.26 bits per heavy atom. The standard InChI is InChI=1S/C14H13N3O2/c1-10-8-17-9-11(4-5-13(17)16-10)14(18)15-7-12-3-2-6-19-12/h2-6,8-9H,7H2,1H3,(H,15,18). The Hall–Kier alpha value is -2.56. The molecule has 5 nitrogen and oxygen atoms in total. The van der Waals surface area contributed by atoms with Gasteiger partial charge in [0.15, 0.2) is 0 Å². The van der Waals surface area contributed by atoms with Crippen molar-refractivity contribution in [3.05, 3.63) is 59.9 Å². The number of aromatic nitrogens is 2. The van der Waals surface area contributed by atoms with Gasteiger partial charge in [-0.15, -0.1) is 0 Å². The van der Waals surface area contributed by atoms with Gasteiger partial charge in [-0.25, -0.2) is 4.98 Å². The molecule has 19 heavy (non-hydrogen) atoms. The number of furan rings is 1. The molecule has 0 unspecified atom stereocenters. The molecular formula is C14H13N3O2. The summed E-state index contributed by atoms with van der Waals surface area (Å²) >= 11 is 0. The lowest BCUT2D eigenvalue weighted by atomic mass is 10.2. The molecule has 0 aliphatic heterocycles. The molecule has 5 heteroatoms. The van der Waals surface area contributed by atoms with E-state index in [0.717, 1.165) is 17.1 Å². The Balaban J connectivity index is 1.77. The van der Waals surface area contributed by atoms with Crippen molar-refractivity contribution in [2.24, 2.45) is 0 Å². The van der Waals surface area contributed by atoms with Gasteiger partial charge in [0.05, 0.1) is 24.1 Å². The first kappa shape index (κ1) is 11.5. The number of fused-ring (bicyclic) bond motifs is 1. The van der Waals surface area contributed by atoms with Crippen LogP contribution in [0.1, 0.15) is 21.8 Å². The fraction of sp³-hybridized carbons (Fsp3) is 0.143. The Morgan fingerprint density at radius 1 is 1.37 bits per heavy atom. The molecule has 0 fully saturated rings. The number of pyridine rings is 1. The Labute approximate surface area is 109 Å². The van der Waals surface area contributed by atoms with Crippen molar-refractivity contribution >= 4 is 11.6 Å². The van der Waals surface area contributed by atoms with Crippen molar-refractivity contribution in [2.45, 2.75) is 13.5 Å². The molecule has 0 aliphatic carbocycles. The number of nitrogens with zero attached hydrogens (tertiary/aromatic N) is 2. The first-order valence-corrected chi connectivity index (χ1v) is 5.98. The number of carbonyl (C=O) groups is 1. The summed E-state index contributed by atoms with van der Waals surface area (Å²) in [6, 6.07) is 7.21. The van der Waals surface area contributed by atoms with E-state index >= 15 is 0 Å². The molecule has 0 saturated carbocycles. The van der Waals surface area contributed by atoms with Crippen LogP contribution in [0, 0.1) is 6.92 Å². The zero-order valence-corrected chi connectivity index (χ0v) is 10.5. The van der Waals surface area contributed by atoms with E-state index in [4.69, 9.17) is 4.42 Å². The summed E-state index contributed by atoms with van der Waals surface area (Å²) in [5, 5.41) is 2.81. The summed E-state index contributed by atoms with van der Waals surface area (Å²) in [6.45, 7) is 2.30. The molecular weight excluding hydrogens is 242 g/mol. The summed E-state index contributed by atoms with van der Waals surface area (Å²) < 4.78 is 7.01. The minimum atomic E-state index is -0.135. The Kier molecular flexibility index (Phi) is 2.79. The quantitative estimate of drug-likeness (QED) is 0.780. The van der Waals surface area contributed by atoms with E-state index in [2.05, 4.69) is 10.3 Å². The minimum absolute atomic E-state index is 0.135. The lowest BCUT2D eigenvalue weighted by molar-refractivity contribution is 0.0947. The van der Waals surface area contributed by atoms with Gasteiger partial charge in [-0.2, -0.15) is 0 Å². The molecule has 3 aromatic heterocycles. The van der Waals surface area contributed by atoms with Gasteiger partial charge in [0.25, 0.3) is 5.91 Å².